The average molecular weight is 558 g/mol. The summed E-state index contributed by atoms with van der Waals surface area (Å²) >= 11 is 5.98. The van der Waals surface area contributed by atoms with Crippen LogP contribution >= 0.6 is 11.6 Å². The standard InChI is InChI=1S/C30H24ClN3O6/c1-15(30(39)40-14-22(35)32-33-27(36)20-12-6-7-13-21(20)31)34-28(37)25-23-16-8-2-3-9-17(16)24(26(25)29(34)38)19-11-5-4-10-18(19)23/h2-13,15,23-26H,14H2,1H3,(H,32,35)(H,33,36)/t15-,23?,24?,25-,26+/m1/s1. The van der Waals surface area contributed by atoms with E-state index in [-0.39, 0.29) is 22.4 Å². The molecule has 7 rings (SSSR count). The van der Waals surface area contributed by atoms with Gasteiger partial charge in [-0.3, -0.25) is 34.9 Å². The van der Waals surface area contributed by atoms with Gasteiger partial charge in [-0.2, -0.15) is 0 Å². The van der Waals surface area contributed by atoms with Gasteiger partial charge >= 0.3 is 5.97 Å². The van der Waals surface area contributed by atoms with Gasteiger partial charge in [0.05, 0.1) is 22.4 Å². The number of rotatable bonds is 5. The van der Waals surface area contributed by atoms with Gasteiger partial charge in [0.1, 0.15) is 6.04 Å². The summed E-state index contributed by atoms with van der Waals surface area (Å²) in [6.07, 6.45) is 0. The quantitative estimate of drug-likeness (QED) is 0.283. The Morgan fingerprint density at radius 3 is 1.77 bits per heavy atom. The fraction of sp³-hybridized carbons (Fsp3) is 0.233. The minimum atomic E-state index is -1.23. The molecule has 1 fully saturated rings. The van der Waals surface area contributed by atoms with Gasteiger partial charge in [-0.25, -0.2) is 4.79 Å². The van der Waals surface area contributed by atoms with Crippen LogP contribution in [0.3, 0.4) is 0 Å². The third-order valence-corrected chi connectivity index (χ3v) is 8.32. The highest BCUT2D eigenvalue weighted by molar-refractivity contribution is 6.33. The van der Waals surface area contributed by atoms with Gasteiger partial charge in [0.2, 0.25) is 11.8 Å². The van der Waals surface area contributed by atoms with Crippen LogP contribution in [0.1, 0.15) is 51.4 Å². The maximum atomic E-state index is 13.7. The SMILES string of the molecule is C[C@H](C(=O)OCC(=O)NNC(=O)c1ccccc1Cl)N1C(=O)[C@@H]2C3c4ccccc4C(c4ccccc43)[C@@H]2C1=O. The third kappa shape index (κ3) is 3.96. The zero-order valence-electron chi connectivity index (χ0n) is 21.3. The average Bonchev–Trinajstić information content (AvgIpc) is 3.24. The number of hydrogen-bond donors (Lipinski definition) is 2. The molecular weight excluding hydrogens is 534 g/mol. The van der Waals surface area contributed by atoms with Crippen molar-refractivity contribution in [2.75, 3.05) is 6.61 Å². The van der Waals surface area contributed by atoms with Crippen molar-refractivity contribution in [2.24, 2.45) is 11.8 Å². The molecule has 40 heavy (non-hydrogen) atoms. The van der Waals surface area contributed by atoms with Crippen LogP contribution in [0.15, 0.2) is 72.8 Å². The number of ether oxygens (including phenoxy) is 1. The van der Waals surface area contributed by atoms with Crippen LogP contribution in [0.2, 0.25) is 5.02 Å². The predicted octanol–water partition coefficient (Wildman–Crippen LogP) is 2.92. The smallest absolute Gasteiger partial charge is 0.329 e. The summed E-state index contributed by atoms with van der Waals surface area (Å²) in [6.45, 7) is 0.686. The number of carbonyl (C=O) groups is 5. The van der Waals surface area contributed by atoms with E-state index in [4.69, 9.17) is 16.3 Å². The van der Waals surface area contributed by atoms with E-state index in [1.807, 2.05) is 48.5 Å². The maximum Gasteiger partial charge on any atom is 0.329 e. The number of imide groups is 1. The third-order valence-electron chi connectivity index (χ3n) is 7.99. The molecule has 9 nitrogen and oxygen atoms in total. The predicted molar refractivity (Wildman–Crippen MR) is 143 cm³/mol. The van der Waals surface area contributed by atoms with Crippen LogP contribution in [0.25, 0.3) is 0 Å². The number of hydrazine groups is 1. The number of nitrogens with one attached hydrogen (secondary N) is 2. The summed E-state index contributed by atoms with van der Waals surface area (Å²) in [5.74, 6) is -5.04. The molecule has 0 saturated carbocycles. The van der Waals surface area contributed by atoms with E-state index in [9.17, 15) is 24.0 Å². The summed E-state index contributed by atoms with van der Waals surface area (Å²) in [5.41, 5.74) is 8.61. The Balaban J connectivity index is 1.14. The van der Waals surface area contributed by atoms with Gasteiger partial charge in [-0.05, 0) is 41.3 Å². The van der Waals surface area contributed by atoms with E-state index in [0.717, 1.165) is 27.2 Å². The van der Waals surface area contributed by atoms with Crippen LogP contribution < -0.4 is 10.9 Å². The molecule has 0 spiro atoms. The van der Waals surface area contributed by atoms with Crippen molar-refractivity contribution < 1.29 is 28.7 Å². The van der Waals surface area contributed by atoms with Gasteiger partial charge < -0.3 is 4.74 Å². The minimum absolute atomic E-state index is 0.154. The van der Waals surface area contributed by atoms with Gasteiger partial charge in [-0.15, -0.1) is 0 Å². The molecule has 0 unspecified atom stereocenters. The number of esters is 1. The fourth-order valence-corrected chi connectivity index (χ4v) is 6.54. The van der Waals surface area contributed by atoms with Crippen molar-refractivity contribution in [2.45, 2.75) is 24.8 Å². The van der Waals surface area contributed by atoms with Crippen LogP contribution in [-0.2, 0) is 23.9 Å². The molecule has 0 aromatic heterocycles. The molecule has 4 aliphatic rings. The van der Waals surface area contributed by atoms with Crippen molar-refractivity contribution >= 4 is 41.2 Å². The van der Waals surface area contributed by atoms with Crippen LogP contribution in [0.4, 0.5) is 0 Å². The van der Waals surface area contributed by atoms with Crippen molar-refractivity contribution in [3.8, 4) is 0 Å². The summed E-state index contributed by atoms with van der Waals surface area (Å²) in [7, 11) is 0. The van der Waals surface area contributed by atoms with Crippen molar-refractivity contribution in [1.82, 2.24) is 15.8 Å². The summed E-state index contributed by atoms with van der Waals surface area (Å²) in [6, 6.07) is 20.8. The van der Waals surface area contributed by atoms with E-state index in [0.29, 0.717) is 0 Å². The molecule has 3 aliphatic carbocycles. The summed E-state index contributed by atoms with van der Waals surface area (Å²) in [4.78, 5) is 65.8. The highest BCUT2D eigenvalue weighted by atomic mass is 35.5. The maximum absolute atomic E-state index is 13.7. The fourth-order valence-electron chi connectivity index (χ4n) is 6.32. The van der Waals surface area contributed by atoms with Crippen LogP contribution in [-0.4, -0.2) is 47.1 Å². The molecule has 10 heteroatoms. The number of hydrogen-bond acceptors (Lipinski definition) is 6. The molecule has 0 radical (unpaired) electrons. The summed E-state index contributed by atoms with van der Waals surface area (Å²) < 4.78 is 5.11. The minimum Gasteiger partial charge on any atom is -0.454 e. The molecule has 2 bridgehead atoms. The summed E-state index contributed by atoms with van der Waals surface area (Å²) in [5, 5.41) is 0.203. The highest BCUT2D eigenvalue weighted by Crippen LogP contribution is 2.61. The Kier molecular flexibility index (Phi) is 6.38. The highest BCUT2D eigenvalue weighted by Gasteiger charge is 2.62. The first-order valence-electron chi connectivity index (χ1n) is 12.8. The zero-order chi connectivity index (χ0) is 28.1. The first kappa shape index (κ1) is 25.8. The molecule has 202 valence electrons. The van der Waals surface area contributed by atoms with E-state index >= 15 is 0 Å². The molecule has 3 aromatic carbocycles. The number of halogens is 1. The lowest BCUT2D eigenvalue weighted by Gasteiger charge is -2.45. The second-order valence-electron chi connectivity index (χ2n) is 10.1. The van der Waals surface area contributed by atoms with Crippen LogP contribution in [0, 0.1) is 11.8 Å². The lowest BCUT2D eigenvalue weighted by molar-refractivity contribution is -0.159. The molecule has 3 aromatic rings. The topological polar surface area (TPSA) is 122 Å². The number of carbonyl (C=O) groups excluding carboxylic acids is 5. The van der Waals surface area contributed by atoms with Gasteiger partial charge in [0.25, 0.3) is 11.8 Å². The van der Waals surface area contributed by atoms with Crippen LogP contribution in [0.5, 0.6) is 0 Å². The molecular formula is C30H24ClN3O6. The molecule has 1 saturated heterocycles. The first-order valence-corrected chi connectivity index (χ1v) is 13.2. The Labute approximate surface area is 234 Å². The van der Waals surface area contributed by atoms with Crippen molar-refractivity contribution in [3.63, 3.8) is 0 Å². The Morgan fingerprint density at radius 2 is 1.27 bits per heavy atom. The van der Waals surface area contributed by atoms with E-state index in [1.54, 1.807) is 12.1 Å². The molecule has 3 atom stereocenters. The largest absolute Gasteiger partial charge is 0.454 e. The second kappa shape index (κ2) is 9.91. The lowest BCUT2D eigenvalue weighted by atomic mass is 9.55. The number of amides is 4. The zero-order valence-corrected chi connectivity index (χ0v) is 22.1. The number of benzene rings is 3. The van der Waals surface area contributed by atoms with Gasteiger partial charge in [-0.1, -0.05) is 72.3 Å². The van der Waals surface area contributed by atoms with E-state index < -0.39 is 54.1 Å². The van der Waals surface area contributed by atoms with Crippen molar-refractivity contribution in [3.05, 3.63) is 106 Å². The molecule has 4 amide bonds. The lowest BCUT2D eigenvalue weighted by Crippen LogP contribution is -2.47. The Bertz CT molecular complexity index is 1470. The van der Waals surface area contributed by atoms with E-state index in [2.05, 4.69) is 10.9 Å². The Hall–Kier alpha value is -4.50. The second-order valence-corrected chi connectivity index (χ2v) is 10.5. The van der Waals surface area contributed by atoms with Gasteiger partial charge in [0, 0.05) is 11.8 Å². The monoisotopic (exact) mass is 557 g/mol. The normalized spacial score (nSPS) is 22.6. The number of nitrogens with zero attached hydrogens (tertiary/aromatic N) is 1. The molecule has 2 N–H and O–H groups in total. The van der Waals surface area contributed by atoms with Crippen molar-refractivity contribution in [1.29, 1.82) is 0 Å². The van der Waals surface area contributed by atoms with Gasteiger partial charge in [0.15, 0.2) is 6.61 Å². The van der Waals surface area contributed by atoms with E-state index in [1.165, 1.54) is 19.1 Å². The molecule has 1 heterocycles. The Morgan fingerprint density at radius 1 is 0.800 bits per heavy atom. The number of likely N-dealkylation sites (tertiary alicyclic amines) is 1. The first-order chi connectivity index (χ1) is 19.3. The molecule has 1 aliphatic heterocycles.